The Hall–Kier alpha value is -1.80. The van der Waals surface area contributed by atoms with Gasteiger partial charge in [-0.25, -0.2) is 17.5 Å². The van der Waals surface area contributed by atoms with Gasteiger partial charge in [0.25, 0.3) is 0 Å². The Labute approximate surface area is 199 Å². The second-order valence-corrected chi connectivity index (χ2v) is 11.7. The Bertz CT molecular complexity index is 840. The highest BCUT2D eigenvalue weighted by atomic mass is 32.2. The Kier molecular flexibility index (Phi) is 9.44. The van der Waals surface area contributed by atoms with Gasteiger partial charge in [-0.15, -0.1) is 0 Å². The molecule has 2 heterocycles. The summed E-state index contributed by atoms with van der Waals surface area (Å²) < 4.78 is 36.1. The molecular formula is C25H40N2O5S. The Morgan fingerprint density at radius 3 is 2.21 bits per heavy atom. The highest BCUT2D eigenvalue weighted by molar-refractivity contribution is 7.88. The fourth-order valence-electron chi connectivity index (χ4n) is 4.76. The van der Waals surface area contributed by atoms with Crippen molar-refractivity contribution >= 4 is 16.1 Å². The number of hydrogen-bond acceptors (Lipinski definition) is 5. The van der Waals surface area contributed by atoms with Crippen molar-refractivity contribution in [3.63, 3.8) is 0 Å². The number of hydrogen-bond donors (Lipinski definition) is 0. The number of amides is 1. The van der Waals surface area contributed by atoms with Crippen molar-refractivity contribution in [1.82, 2.24) is 9.21 Å². The fourth-order valence-corrected chi connectivity index (χ4v) is 5.64. The first kappa shape index (κ1) is 25.8. The largest absolute Gasteiger partial charge is 0.494 e. The van der Waals surface area contributed by atoms with Gasteiger partial charge in [0, 0.05) is 26.2 Å². The van der Waals surface area contributed by atoms with E-state index in [-0.39, 0.29) is 12.2 Å². The number of rotatable bonds is 9. The van der Waals surface area contributed by atoms with E-state index in [4.69, 9.17) is 9.47 Å². The predicted molar refractivity (Wildman–Crippen MR) is 130 cm³/mol. The topological polar surface area (TPSA) is 76.2 Å². The summed E-state index contributed by atoms with van der Waals surface area (Å²) in [7, 11) is -3.08. The lowest BCUT2D eigenvalue weighted by atomic mass is 9.90. The molecule has 2 fully saturated rings. The first-order valence-corrected chi connectivity index (χ1v) is 14.2. The van der Waals surface area contributed by atoms with Gasteiger partial charge in [0.15, 0.2) is 0 Å². The smallest absolute Gasteiger partial charge is 0.410 e. The number of piperidine rings is 2. The van der Waals surface area contributed by atoms with E-state index in [1.165, 1.54) is 18.2 Å². The van der Waals surface area contributed by atoms with Crippen LogP contribution in [0.15, 0.2) is 24.3 Å². The lowest BCUT2D eigenvalue weighted by Crippen LogP contribution is -2.39. The van der Waals surface area contributed by atoms with Crippen LogP contribution in [0.2, 0.25) is 0 Å². The summed E-state index contributed by atoms with van der Waals surface area (Å²) in [5, 5.41) is 0. The third kappa shape index (κ3) is 8.18. The van der Waals surface area contributed by atoms with Crippen molar-refractivity contribution in [2.45, 2.75) is 70.8 Å². The second kappa shape index (κ2) is 12.1. The number of unbranched alkanes of at least 4 members (excludes halogenated alkanes) is 1. The summed E-state index contributed by atoms with van der Waals surface area (Å²) in [4.78, 5) is 13.8. The number of sulfonamides is 1. The molecule has 2 aliphatic heterocycles. The van der Waals surface area contributed by atoms with Crippen LogP contribution in [0.3, 0.4) is 0 Å². The molecule has 0 bridgehead atoms. The van der Waals surface area contributed by atoms with Crippen LogP contribution >= 0.6 is 0 Å². The normalized spacial score (nSPS) is 19.1. The maximum Gasteiger partial charge on any atom is 0.410 e. The van der Waals surface area contributed by atoms with Gasteiger partial charge in [0.05, 0.1) is 19.0 Å². The van der Waals surface area contributed by atoms with E-state index in [0.717, 1.165) is 57.4 Å². The molecule has 0 aromatic heterocycles. The minimum absolute atomic E-state index is 0.0634. The zero-order valence-corrected chi connectivity index (χ0v) is 21.2. The number of carbonyl (C=O) groups excluding carboxylic acids is 1. The fraction of sp³-hybridized carbons (Fsp3) is 0.720. The first-order valence-electron chi connectivity index (χ1n) is 12.4. The molecule has 8 heteroatoms. The lowest BCUT2D eigenvalue weighted by Gasteiger charge is -2.31. The molecule has 1 aromatic rings. The predicted octanol–water partition coefficient (Wildman–Crippen LogP) is 4.63. The number of ether oxygens (including phenoxy) is 2. The number of likely N-dealkylation sites (tertiary alicyclic amines) is 1. The second-order valence-electron chi connectivity index (χ2n) is 9.71. The number of benzene rings is 1. The van der Waals surface area contributed by atoms with Crippen molar-refractivity contribution in [2.75, 3.05) is 39.0 Å². The van der Waals surface area contributed by atoms with Gasteiger partial charge < -0.3 is 14.4 Å². The third-order valence-electron chi connectivity index (χ3n) is 6.76. The van der Waals surface area contributed by atoms with Crippen molar-refractivity contribution in [3.05, 3.63) is 29.8 Å². The van der Waals surface area contributed by atoms with E-state index in [2.05, 4.69) is 12.1 Å². The number of carbonyl (C=O) groups is 1. The van der Waals surface area contributed by atoms with Gasteiger partial charge in [0.1, 0.15) is 5.75 Å². The van der Waals surface area contributed by atoms with Gasteiger partial charge >= 0.3 is 6.09 Å². The highest BCUT2D eigenvalue weighted by Crippen LogP contribution is 2.30. The van der Waals surface area contributed by atoms with E-state index in [1.807, 2.05) is 30.9 Å². The van der Waals surface area contributed by atoms with Crippen molar-refractivity contribution in [1.29, 1.82) is 0 Å². The molecular weight excluding hydrogens is 440 g/mol. The third-order valence-corrected chi connectivity index (χ3v) is 8.06. The molecule has 7 nitrogen and oxygen atoms in total. The van der Waals surface area contributed by atoms with Crippen LogP contribution in [0.4, 0.5) is 4.79 Å². The van der Waals surface area contributed by atoms with E-state index < -0.39 is 10.0 Å². The molecule has 186 valence electrons. The Morgan fingerprint density at radius 1 is 1.00 bits per heavy atom. The van der Waals surface area contributed by atoms with Gasteiger partial charge in [-0.1, -0.05) is 18.6 Å². The van der Waals surface area contributed by atoms with Crippen molar-refractivity contribution in [3.8, 4) is 5.75 Å². The lowest BCUT2D eigenvalue weighted by molar-refractivity contribution is 0.0645. The molecule has 33 heavy (non-hydrogen) atoms. The molecule has 2 saturated heterocycles. The van der Waals surface area contributed by atoms with Crippen LogP contribution in [0.5, 0.6) is 5.75 Å². The quantitative estimate of drug-likeness (QED) is 0.482. The summed E-state index contributed by atoms with van der Waals surface area (Å²) >= 11 is 0. The molecule has 0 aliphatic carbocycles. The SMILES string of the molecule is CC(C)OC(=O)N1CCC(CCCCOc2ccc(C3CCN(S(C)(=O)=O)CC3)cc2)CC1. The van der Waals surface area contributed by atoms with Gasteiger partial charge in [-0.3, -0.25) is 0 Å². The summed E-state index contributed by atoms with van der Waals surface area (Å²) in [6, 6.07) is 8.30. The molecule has 2 aliphatic rings. The zero-order valence-electron chi connectivity index (χ0n) is 20.4. The first-order chi connectivity index (χ1) is 15.7. The van der Waals surface area contributed by atoms with Crippen LogP contribution in [0.1, 0.15) is 70.3 Å². The minimum atomic E-state index is -3.08. The van der Waals surface area contributed by atoms with Crippen molar-refractivity contribution in [2.24, 2.45) is 5.92 Å². The van der Waals surface area contributed by atoms with Gasteiger partial charge in [0.2, 0.25) is 10.0 Å². The Morgan fingerprint density at radius 2 is 1.64 bits per heavy atom. The standard InChI is InChI=1S/C25H40N2O5S/c1-20(2)32-25(28)26-15-11-21(12-16-26)6-4-5-19-31-24-9-7-22(8-10-24)23-13-17-27(18-14-23)33(3,29)30/h7-10,20-21,23H,4-6,11-19H2,1-3H3. The van der Waals surface area contributed by atoms with E-state index in [9.17, 15) is 13.2 Å². The Balaban J connectivity index is 1.29. The maximum absolute atomic E-state index is 12.0. The van der Waals surface area contributed by atoms with Crippen LogP contribution < -0.4 is 4.74 Å². The molecule has 1 aromatic carbocycles. The van der Waals surface area contributed by atoms with Gasteiger partial charge in [-0.2, -0.15) is 0 Å². The molecule has 0 atom stereocenters. The monoisotopic (exact) mass is 480 g/mol. The molecule has 0 radical (unpaired) electrons. The van der Waals surface area contributed by atoms with Crippen LogP contribution in [0, 0.1) is 5.92 Å². The van der Waals surface area contributed by atoms with Gasteiger partial charge in [-0.05, 0) is 81.9 Å². The molecule has 0 spiro atoms. The molecule has 3 rings (SSSR count). The van der Waals surface area contributed by atoms with E-state index in [1.54, 1.807) is 4.31 Å². The average molecular weight is 481 g/mol. The molecule has 0 saturated carbocycles. The molecule has 0 N–H and O–H groups in total. The number of nitrogens with zero attached hydrogens (tertiary/aromatic N) is 2. The van der Waals surface area contributed by atoms with Crippen LogP contribution in [-0.2, 0) is 14.8 Å². The van der Waals surface area contributed by atoms with Crippen LogP contribution in [0.25, 0.3) is 0 Å². The summed E-state index contributed by atoms with van der Waals surface area (Å²) in [6.07, 6.45) is 8.23. The summed E-state index contributed by atoms with van der Waals surface area (Å²) in [5.41, 5.74) is 1.26. The summed E-state index contributed by atoms with van der Waals surface area (Å²) in [6.45, 7) is 7.28. The van der Waals surface area contributed by atoms with Crippen LogP contribution in [-0.4, -0.2) is 68.9 Å². The van der Waals surface area contributed by atoms with Crippen molar-refractivity contribution < 1.29 is 22.7 Å². The van der Waals surface area contributed by atoms with E-state index >= 15 is 0 Å². The highest BCUT2D eigenvalue weighted by Gasteiger charge is 2.26. The average Bonchev–Trinajstić information content (AvgIpc) is 2.79. The maximum atomic E-state index is 12.0. The molecule has 1 amide bonds. The molecule has 0 unspecified atom stereocenters. The zero-order chi connectivity index (χ0) is 23.8. The minimum Gasteiger partial charge on any atom is -0.494 e. The summed E-state index contributed by atoms with van der Waals surface area (Å²) in [5.74, 6) is 1.99. The van der Waals surface area contributed by atoms with E-state index in [0.29, 0.717) is 31.5 Å².